The number of fused-ring (bicyclic) bond motifs is 2. The zero-order valence-electron chi connectivity index (χ0n) is 14.2. The maximum absolute atomic E-state index is 4.24. The Balaban J connectivity index is 0.000000167. The minimum atomic E-state index is 0. The summed E-state index contributed by atoms with van der Waals surface area (Å²) in [5.74, 6) is 0. The van der Waals surface area contributed by atoms with Crippen LogP contribution in [0.2, 0.25) is 0 Å². The molecular weight excluding hydrogens is 407 g/mol. The van der Waals surface area contributed by atoms with Crippen LogP contribution in [0.25, 0.3) is 21.8 Å². The third-order valence-corrected chi connectivity index (χ3v) is 4.12. The molecule has 2 aromatic carbocycles. The number of hydrogen-bond acceptors (Lipinski definition) is 1. The van der Waals surface area contributed by atoms with Gasteiger partial charge in [0.25, 0.3) is 0 Å². The Bertz CT molecular complexity index is 918. The molecule has 0 amide bonds. The molecule has 24 heavy (non-hydrogen) atoms. The van der Waals surface area contributed by atoms with Gasteiger partial charge in [-0.3, -0.25) is 4.98 Å². The standard InChI is InChI=1S/C11H12N.C10H9N.HI/c1-9-7-8-12(2)11-6-4-3-5-10(9)11;1-8-6-7-11-10-5-3-2-4-9(8)10;/h3-8H,1-2H3;2-7H,1H3;1H/q+1;;/p-1. The van der Waals surface area contributed by atoms with Crippen molar-refractivity contribution in [2.45, 2.75) is 13.8 Å². The van der Waals surface area contributed by atoms with Gasteiger partial charge in [-0.25, -0.2) is 4.57 Å². The number of aromatic nitrogens is 2. The molecule has 0 saturated heterocycles. The van der Waals surface area contributed by atoms with Crippen molar-refractivity contribution < 1.29 is 28.5 Å². The van der Waals surface area contributed by atoms with Crippen molar-refractivity contribution >= 4 is 21.8 Å². The molecule has 0 aliphatic rings. The van der Waals surface area contributed by atoms with E-state index in [-0.39, 0.29) is 24.0 Å². The molecule has 0 saturated carbocycles. The van der Waals surface area contributed by atoms with Crippen molar-refractivity contribution in [1.82, 2.24) is 4.98 Å². The molecule has 0 aliphatic carbocycles. The molecule has 0 radical (unpaired) electrons. The maximum Gasteiger partial charge on any atom is 0.212 e. The molecule has 0 atom stereocenters. The summed E-state index contributed by atoms with van der Waals surface area (Å²) in [7, 11) is 2.07. The smallest absolute Gasteiger partial charge is 0.212 e. The van der Waals surface area contributed by atoms with Crippen LogP contribution < -0.4 is 28.5 Å². The highest BCUT2D eigenvalue weighted by atomic mass is 127. The van der Waals surface area contributed by atoms with Crippen molar-refractivity contribution in [1.29, 1.82) is 0 Å². The fraction of sp³-hybridized carbons (Fsp3) is 0.143. The Hall–Kier alpha value is -2.01. The second kappa shape index (κ2) is 8.20. The number of rotatable bonds is 0. The number of para-hydroxylation sites is 2. The number of halogens is 1. The minimum absolute atomic E-state index is 0. The van der Waals surface area contributed by atoms with E-state index in [4.69, 9.17) is 0 Å². The quantitative estimate of drug-likeness (QED) is 0.307. The molecule has 0 unspecified atom stereocenters. The molecule has 2 aromatic heterocycles. The number of benzene rings is 2. The summed E-state index contributed by atoms with van der Waals surface area (Å²) in [5.41, 5.74) is 4.99. The van der Waals surface area contributed by atoms with Crippen LogP contribution in [-0.2, 0) is 7.05 Å². The molecule has 0 spiro atoms. The lowest BCUT2D eigenvalue weighted by molar-refractivity contribution is -0.644. The van der Waals surface area contributed by atoms with Gasteiger partial charge in [0.15, 0.2) is 6.20 Å². The first-order chi connectivity index (χ1) is 11.2. The highest BCUT2D eigenvalue weighted by Gasteiger charge is 2.04. The normalized spacial score (nSPS) is 9.96. The van der Waals surface area contributed by atoms with Crippen molar-refractivity contribution in [3.05, 3.63) is 84.2 Å². The second-order valence-corrected chi connectivity index (χ2v) is 5.77. The van der Waals surface area contributed by atoms with Gasteiger partial charge in [-0.2, -0.15) is 0 Å². The lowest BCUT2D eigenvalue weighted by Gasteiger charge is -1.98. The topological polar surface area (TPSA) is 16.8 Å². The Morgan fingerprint density at radius 1 is 0.750 bits per heavy atom. The highest BCUT2D eigenvalue weighted by Crippen LogP contribution is 2.14. The third kappa shape index (κ3) is 3.90. The fourth-order valence-electron chi connectivity index (χ4n) is 2.75. The first-order valence-corrected chi connectivity index (χ1v) is 7.81. The molecule has 4 aromatic rings. The molecular formula is C21H21IN2. The second-order valence-electron chi connectivity index (χ2n) is 5.77. The van der Waals surface area contributed by atoms with Gasteiger partial charge in [-0.05, 0) is 43.2 Å². The van der Waals surface area contributed by atoms with Crippen LogP contribution in [0.4, 0.5) is 0 Å². The predicted molar refractivity (Wildman–Crippen MR) is 96.3 cm³/mol. The zero-order valence-corrected chi connectivity index (χ0v) is 16.4. The molecule has 0 aliphatic heterocycles. The van der Waals surface area contributed by atoms with Crippen molar-refractivity contribution in [2.75, 3.05) is 0 Å². The van der Waals surface area contributed by atoms with Gasteiger partial charge in [-0.1, -0.05) is 30.3 Å². The summed E-state index contributed by atoms with van der Waals surface area (Å²) in [6.07, 6.45) is 3.94. The number of aryl methyl sites for hydroxylation is 3. The molecule has 0 N–H and O–H groups in total. The van der Waals surface area contributed by atoms with E-state index in [0.717, 1.165) is 5.52 Å². The van der Waals surface area contributed by atoms with Crippen LogP contribution in [0.15, 0.2) is 73.1 Å². The molecule has 2 heterocycles. The molecule has 0 fully saturated rings. The summed E-state index contributed by atoms with van der Waals surface area (Å²) in [4.78, 5) is 4.24. The summed E-state index contributed by atoms with van der Waals surface area (Å²) < 4.78 is 2.14. The third-order valence-electron chi connectivity index (χ3n) is 4.12. The predicted octanol–water partition coefficient (Wildman–Crippen LogP) is 1.52. The largest absolute Gasteiger partial charge is 1.00 e. The van der Waals surface area contributed by atoms with Crippen LogP contribution >= 0.6 is 0 Å². The van der Waals surface area contributed by atoms with Crippen LogP contribution in [0.5, 0.6) is 0 Å². The molecule has 2 nitrogen and oxygen atoms in total. The number of nitrogens with zero attached hydrogens (tertiary/aromatic N) is 2. The van der Waals surface area contributed by atoms with E-state index in [1.165, 1.54) is 27.4 Å². The first-order valence-electron chi connectivity index (χ1n) is 7.81. The van der Waals surface area contributed by atoms with E-state index < -0.39 is 0 Å². The molecule has 4 rings (SSSR count). The van der Waals surface area contributed by atoms with Crippen LogP contribution in [0.1, 0.15) is 11.1 Å². The zero-order chi connectivity index (χ0) is 16.2. The lowest BCUT2D eigenvalue weighted by atomic mass is 10.1. The number of pyridine rings is 2. The first kappa shape index (κ1) is 18.3. The summed E-state index contributed by atoms with van der Waals surface area (Å²) in [6, 6.07) is 20.8. The Morgan fingerprint density at radius 2 is 1.38 bits per heavy atom. The number of hydrogen-bond donors (Lipinski definition) is 0. The maximum atomic E-state index is 4.24. The van der Waals surface area contributed by atoms with Gasteiger partial charge in [0, 0.05) is 29.1 Å². The van der Waals surface area contributed by atoms with Gasteiger partial charge >= 0.3 is 0 Å². The Kier molecular flexibility index (Phi) is 6.26. The van der Waals surface area contributed by atoms with Gasteiger partial charge in [-0.15, -0.1) is 0 Å². The summed E-state index contributed by atoms with van der Waals surface area (Å²) in [6.45, 7) is 4.24. The van der Waals surface area contributed by atoms with Crippen LogP contribution in [0, 0.1) is 13.8 Å². The van der Waals surface area contributed by atoms with E-state index in [1.807, 2.05) is 30.5 Å². The summed E-state index contributed by atoms with van der Waals surface area (Å²) in [5, 5.41) is 2.58. The van der Waals surface area contributed by atoms with Crippen molar-refractivity contribution in [3.8, 4) is 0 Å². The van der Waals surface area contributed by atoms with Gasteiger partial charge in [0.2, 0.25) is 5.52 Å². The van der Waals surface area contributed by atoms with Gasteiger partial charge < -0.3 is 24.0 Å². The Morgan fingerprint density at radius 3 is 2.08 bits per heavy atom. The highest BCUT2D eigenvalue weighted by molar-refractivity contribution is 5.81. The van der Waals surface area contributed by atoms with E-state index >= 15 is 0 Å². The monoisotopic (exact) mass is 428 g/mol. The lowest BCUT2D eigenvalue weighted by Crippen LogP contribution is -3.00. The minimum Gasteiger partial charge on any atom is -1.00 e. The average molecular weight is 428 g/mol. The van der Waals surface area contributed by atoms with Crippen LogP contribution in [0.3, 0.4) is 0 Å². The van der Waals surface area contributed by atoms with Gasteiger partial charge in [0.1, 0.15) is 7.05 Å². The average Bonchev–Trinajstić information content (AvgIpc) is 2.60. The van der Waals surface area contributed by atoms with E-state index in [2.05, 4.69) is 73.0 Å². The van der Waals surface area contributed by atoms with E-state index in [1.54, 1.807) is 0 Å². The van der Waals surface area contributed by atoms with Crippen molar-refractivity contribution in [2.24, 2.45) is 7.05 Å². The van der Waals surface area contributed by atoms with Gasteiger partial charge in [0.05, 0.1) is 5.52 Å². The molecule has 122 valence electrons. The van der Waals surface area contributed by atoms with E-state index in [9.17, 15) is 0 Å². The Labute approximate surface area is 160 Å². The molecule has 3 heteroatoms. The van der Waals surface area contributed by atoms with Crippen molar-refractivity contribution in [3.63, 3.8) is 0 Å². The fourth-order valence-corrected chi connectivity index (χ4v) is 2.75. The van der Waals surface area contributed by atoms with Crippen LogP contribution in [-0.4, -0.2) is 4.98 Å². The SMILES string of the molecule is Cc1cc[n+](C)c2ccccc12.Cc1ccnc2ccccc12.[I-]. The van der Waals surface area contributed by atoms with E-state index in [0.29, 0.717) is 0 Å². The summed E-state index contributed by atoms with van der Waals surface area (Å²) >= 11 is 0. The molecule has 0 bridgehead atoms.